The molecule has 1 aliphatic heterocycles. The maximum atomic E-state index is 12.5. The standard InChI is InChI=1S/C20H23N5O3/c1-27-17-10-14-4-8-25-16(15(14)11-18(17)28-2)12-19(23-20(25)26)22-5-3-7-24-9-6-21-13-24/h6,9-13H,3-5,7-8H2,1-2H3,(H,22,23,26). The van der Waals surface area contributed by atoms with Gasteiger partial charge < -0.3 is 19.4 Å². The van der Waals surface area contributed by atoms with Gasteiger partial charge in [-0.3, -0.25) is 4.57 Å². The molecule has 146 valence electrons. The normalized spacial score (nSPS) is 12.2. The maximum Gasteiger partial charge on any atom is 0.349 e. The molecule has 0 saturated carbocycles. The van der Waals surface area contributed by atoms with Crippen LogP contribution in [0.1, 0.15) is 12.0 Å². The van der Waals surface area contributed by atoms with Crippen molar-refractivity contribution < 1.29 is 9.47 Å². The molecule has 0 atom stereocenters. The number of imidazole rings is 1. The summed E-state index contributed by atoms with van der Waals surface area (Å²) < 4.78 is 14.6. The zero-order valence-corrected chi connectivity index (χ0v) is 16.0. The molecule has 0 amide bonds. The van der Waals surface area contributed by atoms with Crippen molar-refractivity contribution in [2.24, 2.45) is 0 Å². The molecule has 1 aliphatic rings. The van der Waals surface area contributed by atoms with Gasteiger partial charge in [0.25, 0.3) is 0 Å². The van der Waals surface area contributed by atoms with Crippen LogP contribution in [0.4, 0.5) is 5.82 Å². The van der Waals surface area contributed by atoms with Gasteiger partial charge in [-0.1, -0.05) is 0 Å². The summed E-state index contributed by atoms with van der Waals surface area (Å²) in [6, 6.07) is 5.85. The first kappa shape index (κ1) is 18.1. The van der Waals surface area contributed by atoms with Gasteiger partial charge >= 0.3 is 5.69 Å². The number of hydrogen-bond donors (Lipinski definition) is 1. The minimum atomic E-state index is -0.241. The molecule has 2 aromatic heterocycles. The number of aryl methyl sites for hydroxylation is 2. The Morgan fingerprint density at radius 3 is 2.75 bits per heavy atom. The summed E-state index contributed by atoms with van der Waals surface area (Å²) in [6.07, 6.45) is 7.14. The number of rotatable bonds is 7. The van der Waals surface area contributed by atoms with Crippen molar-refractivity contribution in [1.29, 1.82) is 0 Å². The summed E-state index contributed by atoms with van der Waals surface area (Å²) in [5.74, 6) is 1.93. The molecule has 4 rings (SSSR count). The van der Waals surface area contributed by atoms with E-state index in [9.17, 15) is 4.79 Å². The molecule has 3 aromatic rings. The molecule has 8 heteroatoms. The molecular weight excluding hydrogens is 358 g/mol. The second-order valence-corrected chi connectivity index (χ2v) is 6.66. The summed E-state index contributed by atoms with van der Waals surface area (Å²) in [4.78, 5) is 20.8. The van der Waals surface area contributed by atoms with E-state index in [1.165, 1.54) is 0 Å². The minimum Gasteiger partial charge on any atom is -0.493 e. The molecule has 0 radical (unpaired) electrons. The summed E-state index contributed by atoms with van der Waals surface area (Å²) in [5.41, 5.74) is 2.72. The molecule has 1 N–H and O–H groups in total. The van der Waals surface area contributed by atoms with Crippen molar-refractivity contribution in [1.82, 2.24) is 19.1 Å². The van der Waals surface area contributed by atoms with Crippen LogP contribution in [-0.4, -0.2) is 39.9 Å². The lowest BCUT2D eigenvalue weighted by molar-refractivity contribution is 0.354. The second kappa shape index (κ2) is 7.75. The second-order valence-electron chi connectivity index (χ2n) is 6.66. The van der Waals surface area contributed by atoms with Crippen LogP contribution >= 0.6 is 0 Å². The van der Waals surface area contributed by atoms with Crippen LogP contribution in [0.15, 0.2) is 41.7 Å². The average molecular weight is 381 g/mol. The Labute approximate surface area is 162 Å². The number of aromatic nitrogens is 4. The van der Waals surface area contributed by atoms with Gasteiger partial charge in [-0.15, -0.1) is 0 Å². The smallest absolute Gasteiger partial charge is 0.349 e. The van der Waals surface area contributed by atoms with E-state index in [4.69, 9.17) is 9.47 Å². The van der Waals surface area contributed by atoms with E-state index in [-0.39, 0.29) is 5.69 Å². The Kier molecular flexibility index (Phi) is 5.01. The Morgan fingerprint density at radius 1 is 1.18 bits per heavy atom. The highest BCUT2D eigenvalue weighted by molar-refractivity contribution is 5.71. The van der Waals surface area contributed by atoms with Gasteiger partial charge in [0, 0.05) is 43.7 Å². The van der Waals surface area contributed by atoms with Gasteiger partial charge in [0.15, 0.2) is 11.5 Å². The van der Waals surface area contributed by atoms with Crippen molar-refractivity contribution in [3.8, 4) is 22.8 Å². The van der Waals surface area contributed by atoms with E-state index < -0.39 is 0 Å². The number of ether oxygens (including phenoxy) is 2. The lowest BCUT2D eigenvalue weighted by atomic mass is 9.97. The molecule has 0 aliphatic carbocycles. The van der Waals surface area contributed by atoms with Gasteiger partial charge in [-0.25, -0.2) is 9.78 Å². The number of hydrogen-bond acceptors (Lipinski definition) is 6. The van der Waals surface area contributed by atoms with Crippen LogP contribution in [0, 0.1) is 0 Å². The molecule has 1 aromatic carbocycles. The summed E-state index contributed by atoms with van der Waals surface area (Å²) in [5, 5.41) is 3.27. The molecule has 0 unspecified atom stereocenters. The molecule has 3 heterocycles. The fourth-order valence-corrected chi connectivity index (χ4v) is 3.53. The molecular formula is C20H23N5O3. The fourth-order valence-electron chi connectivity index (χ4n) is 3.53. The zero-order valence-electron chi connectivity index (χ0n) is 16.0. The summed E-state index contributed by atoms with van der Waals surface area (Å²) in [7, 11) is 3.24. The van der Waals surface area contributed by atoms with Crippen LogP contribution in [0.25, 0.3) is 11.3 Å². The maximum absolute atomic E-state index is 12.5. The van der Waals surface area contributed by atoms with Crippen LogP contribution in [-0.2, 0) is 19.5 Å². The number of anilines is 1. The van der Waals surface area contributed by atoms with E-state index in [0.29, 0.717) is 30.4 Å². The van der Waals surface area contributed by atoms with E-state index in [1.54, 1.807) is 31.3 Å². The molecule has 28 heavy (non-hydrogen) atoms. The molecule has 0 bridgehead atoms. The third-order valence-corrected chi connectivity index (χ3v) is 4.96. The van der Waals surface area contributed by atoms with Crippen LogP contribution in [0.2, 0.25) is 0 Å². The Hall–Kier alpha value is -3.29. The van der Waals surface area contributed by atoms with Gasteiger partial charge in [0.1, 0.15) is 5.82 Å². The lowest BCUT2D eigenvalue weighted by Crippen LogP contribution is -2.29. The Morgan fingerprint density at radius 2 is 2.00 bits per heavy atom. The van der Waals surface area contributed by atoms with Crippen LogP contribution < -0.4 is 20.5 Å². The number of nitrogens with zero attached hydrogens (tertiary/aromatic N) is 4. The van der Waals surface area contributed by atoms with E-state index >= 15 is 0 Å². The van der Waals surface area contributed by atoms with E-state index in [2.05, 4.69) is 15.3 Å². The first-order chi connectivity index (χ1) is 13.7. The van der Waals surface area contributed by atoms with Crippen LogP contribution in [0.3, 0.4) is 0 Å². The highest BCUT2D eigenvalue weighted by Crippen LogP contribution is 2.38. The number of nitrogens with one attached hydrogen (secondary N) is 1. The van der Waals surface area contributed by atoms with Crippen molar-refractivity contribution in [3.63, 3.8) is 0 Å². The molecule has 8 nitrogen and oxygen atoms in total. The first-order valence-electron chi connectivity index (χ1n) is 9.26. The zero-order chi connectivity index (χ0) is 19.5. The summed E-state index contributed by atoms with van der Waals surface area (Å²) in [6.45, 7) is 2.17. The summed E-state index contributed by atoms with van der Waals surface area (Å²) >= 11 is 0. The fraction of sp³-hybridized carbons (Fsp3) is 0.350. The number of fused-ring (bicyclic) bond motifs is 3. The number of methoxy groups -OCH3 is 2. The van der Waals surface area contributed by atoms with E-state index in [1.807, 2.05) is 29.0 Å². The SMILES string of the molecule is COc1cc2c(cc1OC)-c1cc(NCCCn3ccnc3)nc(=O)n1CC2. The monoisotopic (exact) mass is 381 g/mol. The molecule has 0 spiro atoms. The predicted octanol–water partition coefficient (Wildman–Crippen LogP) is 2.18. The highest BCUT2D eigenvalue weighted by Gasteiger charge is 2.21. The third kappa shape index (κ3) is 3.45. The van der Waals surface area contributed by atoms with Crippen molar-refractivity contribution in [3.05, 3.63) is 53.0 Å². The Balaban J connectivity index is 1.58. The highest BCUT2D eigenvalue weighted by atomic mass is 16.5. The quantitative estimate of drug-likeness (QED) is 0.632. The minimum absolute atomic E-state index is 0.241. The Bertz CT molecular complexity index is 1030. The topological polar surface area (TPSA) is 83.2 Å². The third-order valence-electron chi connectivity index (χ3n) is 4.96. The van der Waals surface area contributed by atoms with Gasteiger partial charge in [-0.2, -0.15) is 4.98 Å². The van der Waals surface area contributed by atoms with E-state index in [0.717, 1.165) is 36.2 Å². The average Bonchev–Trinajstić information content (AvgIpc) is 3.23. The van der Waals surface area contributed by atoms with Crippen molar-refractivity contribution in [2.75, 3.05) is 26.1 Å². The first-order valence-corrected chi connectivity index (χ1v) is 9.26. The largest absolute Gasteiger partial charge is 0.493 e. The number of benzene rings is 1. The van der Waals surface area contributed by atoms with Gasteiger partial charge in [0.2, 0.25) is 0 Å². The molecule has 0 fully saturated rings. The van der Waals surface area contributed by atoms with Crippen molar-refractivity contribution in [2.45, 2.75) is 25.9 Å². The van der Waals surface area contributed by atoms with Gasteiger partial charge in [-0.05, 0) is 30.5 Å². The molecule has 0 saturated heterocycles. The van der Waals surface area contributed by atoms with Crippen LogP contribution in [0.5, 0.6) is 11.5 Å². The predicted molar refractivity (Wildman–Crippen MR) is 106 cm³/mol. The van der Waals surface area contributed by atoms with Crippen molar-refractivity contribution >= 4 is 5.82 Å². The van der Waals surface area contributed by atoms with Gasteiger partial charge in [0.05, 0.1) is 26.2 Å². The lowest BCUT2D eigenvalue weighted by Gasteiger charge is -2.23.